The van der Waals surface area contributed by atoms with E-state index in [1.54, 1.807) is 0 Å². The van der Waals surface area contributed by atoms with Gasteiger partial charge in [-0.05, 0) is 12.5 Å². The van der Waals surface area contributed by atoms with E-state index >= 15 is 0 Å². The molecule has 1 atom stereocenters. The van der Waals surface area contributed by atoms with Crippen molar-refractivity contribution in [3.05, 3.63) is 58.5 Å². The summed E-state index contributed by atoms with van der Waals surface area (Å²) >= 11 is 1.20. The Labute approximate surface area is 120 Å². The molecule has 0 aliphatic rings. The molecule has 0 saturated heterocycles. The summed E-state index contributed by atoms with van der Waals surface area (Å²) in [6, 6.07) is 11.0. The van der Waals surface area contributed by atoms with Crippen molar-refractivity contribution in [1.29, 1.82) is 0 Å². The normalized spacial score (nSPS) is 11.8. The zero-order valence-corrected chi connectivity index (χ0v) is 11.8. The topological polar surface area (TPSA) is 74.8 Å². The molecule has 104 valence electrons. The van der Waals surface area contributed by atoms with Crippen LogP contribution in [-0.4, -0.2) is 21.6 Å². The third kappa shape index (κ3) is 4.24. The van der Waals surface area contributed by atoms with Gasteiger partial charge in [0, 0.05) is 12.3 Å². The molecular formula is C14H15N3O2S. The van der Waals surface area contributed by atoms with Gasteiger partial charge < -0.3 is 10.3 Å². The summed E-state index contributed by atoms with van der Waals surface area (Å²) in [6.45, 7) is 1.93. The van der Waals surface area contributed by atoms with Gasteiger partial charge >= 0.3 is 0 Å². The minimum Gasteiger partial charge on any atom is -0.349 e. The molecule has 2 aromatic rings. The van der Waals surface area contributed by atoms with E-state index in [2.05, 4.69) is 15.3 Å². The molecule has 0 bridgehead atoms. The van der Waals surface area contributed by atoms with Crippen LogP contribution >= 0.6 is 11.8 Å². The lowest BCUT2D eigenvalue weighted by atomic mass is 10.1. The molecule has 0 aliphatic heterocycles. The maximum atomic E-state index is 11.8. The number of rotatable bonds is 5. The maximum Gasteiger partial charge on any atom is 0.251 e. The average Bonchev–Trinajstić information content (AvgIpc) is 2.46. The Morgan fingerprint density at radius 2 is 2.10 bits per heavy atom. The Morgan fingerprint density at radius 3 is 2.80 bits per heavy atom. The first-order valence-corrected chi connectivity index (χ1v) is 7.16. The van der Waals surface area contributed by atoms with Gasteiger partial charge in [0.2, 0.25) is 5.91 Å². The Morgan fingerprint density at radius 1 is 1.35 bits per heavy atom. The highest BCUT2D eigenvalue weighted by molar-refractivity contribution is 7.99. The number of benzene rings is 1. The summed E-state index contributed by atoms with van der Waals surface area (Å²) in [5.41, 5.74) is 0.831. The molecule has 6 heteroatoms. The monoisotopic (exact) mass is 289 g/mol. The fourth-order valence-corrected chi connectivity index (χ4v) is 2.33. The van der Waals surface area contributed by atoms with E-state index in [-0.39, 0.29) is 23.3 Å². The van der Waals surface area contributed by atoms with Crippen LogP contribution in [0, 0.1) is 0 Å². The van der Waals surface area contributed by atoms with Crippen molar-refractivity contribution in [2.45, 2.75) is 18.1 Å². The van der Waals surface area contributed by atoms with Gasteiger partial charge in [0.1, 0.15) is 0 Å². The number of amides is 1. The van der Waals surface area contributed by atoms with Gasteiger partial charge in [-0.3, -0.25) is 9.59 Å². The van der Waals surface area contributed by atoms with E-state index in [9.17, 15) is 9.59 Å². The van der Waals surface area contributed by atoms with Crippen molar-refractivity contribution in [1.82, 2.24) is 15.3 Å². The van der Waals surface area contributed by atoms with Crippen LogP contribution < -0.4 is 10.9 Å². The minimum absolute atomic E-state index is 0.0490. The van der Waals surface area contributed by atoms with Crippen molar-refractivity contribution in [2.75, 3.05) is 5.75 Å². The third-order valence-corrected chi connectivity index (χ3v) is 3.55. The number of carbonyl (C=O) groups is 1. The molecular weight excluding hydrogens is 274 g/mol. The summed E-state index contributed by atoms with van der Waals surface area (Å²) in [6.07, 6.45) is 1.42. The summed E-state index contributed by atoms with van der Waals surface area (Å²) in [7, 11) is 0. The van der Waals surface area contributed by atoms with Gasteiger partial charge in [0.15, 0.2) is 5.16 Å². The van der Waals surface area contributed by atoms with Crippen LogP contribution in [0.15, 0.2) is 52.5 Å². The zero-order chi connectivity index (χ0) is 14.4. The van der Waals surface area contributed by atoms with E-state index in [0.717, 1.165) is 5.56 Å². The van der Waals surface area contributed by atoms with E-state index < -0.39 is 0 Å². The molecule has 5 nitrogen and oxygen atoms in total. The highest BCUT2D eigenvalue weighted by Gasteiger charge is 2.10. The lowest BCUT2D eigenvalue weighted by Gasteiger charge is -2.13. The van der Waals surface area contributed by atoms with Crippen molar-refractivity contribution >= 4 is 17.7 Å². The minimum atomic E-state index is -0.222. The van der Waals surface area contributed by atoms with Crippen LogP contribution in [-0.2, 0) is 4.79 Å². The Balaban J connectivity index is 1.85. The number of nitrogens with zero attached hydrogens (tertiary/aromatic N) is 1. The maximum absolute atomic E-state index is 11.8. The number of hydrogen-bond acceptors (Lipinski definition) is 4. The summed E-state index contributed by atoms with van der Waals surface area (Å²) in [5.74, 6) is 0.113. The molecule has 1 aromatic carbocycles. The lowest BCUT2D eigenvalue weighted by molar-refractivity contribution is -0.119. The van der Waals surface area contributed by atoms with Gasteiger partial charge in [0.05, 0.1) is 11.8 Å². The Bertz CT molecular complexity index is 628. The average molecular weight is 289 g/mol. The molecule has 2 rings (SSSR count). The van der Waals surface area contributed by atoms with Crippen molar-refractivity contribution in [3.63, 3.8) is 0 Å². The van der Waals surface area contributed by atoms with Gasteiger partial charge in [-0.2, -0.15) is 0 Å². The van der Waals surface area contributed by atoms with Crippen LogP contribution in [0.25, 0.3) is 0 Å². The molecule has 0 radical (unpaired) electrons. The summed E-state index contributed by atoms with van der Waals surface area (Å²) in [5, 5.41) is 3.35. The number of nitrogens with one attached hydrogen (secondary N) is 2. The third-order valence-electron chi connectivity index (χ3n) is 2.66. The molecule has 1 heterocycles. The molecule has 0 saturated carbocycles. The summed E-state index contributed by atoms with van der Waals surface area (Å²) in [4.78, 5) is 29.5. The zero-order valence-electron chi connectivity index (χ0n) is 11.0. The number of H-pyrrole nitrogens is 1. The quantitative estimate of drug-likeness (QED) is 0.649. The van der Waals surface area contributed by atoms with Crippen LogP contribution in [0.3, 0.4) is 0 Å². The Hall–Kier alpha value is -2.08. The fraction of sp³-hybridized carbons (Fsp3) is 0.214. The largest absolute Gasteiger partial charge is 0.349 e. The predicted octanol–water partition coefficient (Wildman–Crippen LogP) is 1.74. The second-order valence-corrected chi connectivity index (χ2v) is 5.19. The first-order valence-electron chi connectivity index (χ1n) is 6.17. The SMILES string of the molecule is CC(NC(=O)CSc1nccc(=O)[nH]1)c1ccccc1. The van der Waals surface area contributed by atoms with Crippen LogP contribution in [0.4, 0.5) is 0 Å². The number of hydrogen-bond donors (Lipinski definition) is 2. The highest BCUT2D eigenvalue weighted by Crippen LogP contribution is 2.13. The van der Waals surface area contributed by atoms with Crippen LogP contribution in [0.2, 0.25) is 0 Å². The van der Waals surface area contributed by atoms with E-state index in [1.807, 2.05) is 37.3 Å². The van der Waals surface area contributed by atoms with Gasteiger partial charge in [-0.25, -0.2) is 4.98 Å². The molecule has 0 fully saturated rings. The van der Waals surface area contributed by atoms with Gasteiger partial charge in [0.25, 0.3) is 5.56 Å². The molecule has 0 aliphatic carbocycles. The number of carbonyl (C=O) groups excluding carboxylic acids is 1. The molecule has 0 spiro atoms. The first kappa shape index (κ1) is 14.3. The second-order valence-electron chi connectivity index (χ2n) is 4.23. The molecule has 1 amide bonds. The second kappa shape index (κ2) is 6.91. The van der Waals surface area contributed by atoms with E-state index in [0.29, 0.717) is 5.16 Å². The molecule has 2 N–H and O–H groups in total. The lowest BCUT2D eigenvalue weighted by Crippen LogP contribution is -2.28. The predicted molar refractivity (Wildman–Crippen MR) is 78.6 cm³/mol. The number of aromatic nitrogens is 2. The van der Waals surface area contributed by atoms with Gasteiger partial charge in [-0.15, -0.1) is 0 Å². The van der Waals surface area contributed by atoms with E-state index in [1.165, 1.54) is 24.0 Å². The molecule has 20 heavy (non-hydrogen) atoms. The summed E-state index contributed by atoms with van der Waals surface area (Å²) < 4.78 is 0. The van der Waals surface area contributed by atoms with Crippen molar-refractivity contribution in [2.24, 2.45) is 0 Å². The van der Waals surface area contributed by atoms with Crippen LogP contribution in [0.1, 0.15) is 18.5 Å². The number of aromatic amines is 1. The van der Waals surface area contributed by atoms with Gasteiger partial charge in [-0.1, -0.05) is 42.1 Å². The highest BCUT2D eigenvalue weighted by atomic mass is 32.2. The molecule has 1 unspecified atom stereocenters. The smallest absolute Gasteiger partial charge is 0.251 e. The first-order chi connectivity index (χ1) is 9.65. The standard InChI is InChI=1S/C14H15N3O2S/c1-10(11-5-3-2-4-6-11)16-13(19)9-20-14-15-8-7-12(18)17-14/h2-8,10H,9H2,1H3,(H,16,19)(H,15,17,18). The molecule has 1 aromatic heterocycles. The van der Waals surface area contributed by atoms with E-state index in [4.69, 9.17) is 0 Å². The van der Waals surface area contributed by atoms with Crippen molar-refractivity contribution in [3.8, 4) is 0 Å². The van der Waals surface area contributed by atoms with Crippen molar-refractivity contribution < 1.29 is 4.79 Å². The van der Waals surface area contributed by atoms with Crippen LogP contribution in [0.5, 0.6) is 0 Å². The number of thioether (sulfide) groups is 1. The Kier molecular flexibility index (Phi) is 4.95. The fourth-order valence-electron chi connectivity index (χ4n) is 1.67.